The first-order chi connectivity index (χ1) is 37.6. The highest BCUT2D eigenvalue weighted by Crippen LogP contribution is 2.43. The van der Waals surface area contributed by atoms with Crippen molar-refractivity contribution in [3.63, 3.8) is 0 Å². The van der Waals surface area contributed by atoms with Crippen molar-refractivity contribution < 1.29 is 44.0 Å². The standard InChI is InChI=1S/C53H63N15O10/c1-4-31(2)47(68-29-34(59-62-68)9-15-45(72)73)49(75)64-19-23-66(24-20-64)53-57-51(56-52(58-53)65-21-17-63(18-22-65)48(74)42(7-5-6-16-54)67-30-35(60-61-67)25-32(3)69)55-33-8-12-38(41(26-33)50(76)77)46-39-13-10-36(70)27-43(39)78-44-28-37(71)11-14-40(44)46/h8,10-14,26-32,42,47,69-70H,4-7,9,15-25,54H2,1-3H3,(H,72,73)(H,76,77)(H,55,56,57,58)/t31-,32?,42-,47-/m0/s1. The minimum absolute atomic E-state index is 0.0754. The first-order valence-electron chi connectivity index (χ1n) is 26.2. The third kappa shape index (κ3) is 12.2. The number of aliphatic carboxylic acids is 1. The number of phenols is 1. The topological polar surface area (TPSA) is 331 Å². The molecule has 2 saturated heterocycles. The molecule has 0 bridgehead atoms. The van der Waals surface area contributed by atoms with E-state index in [9.17, 15) is 44.4 Å². The van der Waals surface area contributed by atoms with Gasteiger partial charge in [-0.05, 0) is 80.6 Å². The molecular weight excluding hydrogens is 1010 g/mol. The van der Waals surface area contributed by atoms with Gasteiger partial charge in [0.15, 0.2) is 5.43 Å². The van der Waals surface area contributed by atoms with Gasteiger partial charge in [0.05, 0.1) is 29.5 Å². The number of aryl methyl sites for hydroxylation is 1. The van der Waals surface area contributed by atoms with E-state index in [1.807, 2.05) is 23.6 Å². The van der Waals surface area contributed by atoms with Gasteiger partial charge in [-0.3, -0.25) is 19.2 Å². The molecule has 25 heteroatoms. The number of carboxylic acid groups (broad SMARTS) is 2. The molecule has 78 heavy (non-hydrogen) atoms. The average molecular weight is 1070 g/mol. The molecule has 2 amide bonds. The molecule has 6 heterocycles. The number of carboxylic acids is 2. The number of benzene rings is 3. The molecule has 0 radical (unpaired) electrons. The Balaban J connectivity index is 1.00. The number of aromatic hydroxyl groups is 1. The number of amides is 2. The van der Waals surface area contributed by atoms with Crippen molar-refractivity contribution in [1.29, 1.82) is 0 Å². The van der Waals surface area contributed by atoms with Crippen molar-refractivity contribution in [2.45, 2.75) is 83.9 Å². The van der Waals surface area contributed by atoms with Gasteiger partial charge in [-0.15, -0.1) is 10.2 Å². The first kappa shape index (κ1) is 54.2. The number of aliphatic hydroxyl groups excluding tert-OH is 1. The zero-order chi connectivity index (χ0) is 55.2. The van der Waals surface area contributed by atoms with Crippen molar-refractivity contribution in [1.82, 2.24) is 54.7 Å². The highest BCUT2D eigenvalue weighted by atomic mass is 16.4. The summed E-state index contributed by atoms with van der Waals surface area (Å²) in [6, 6.07) is 12.3. The van der Waals surface area contributed by atoms with E-state index in [4.69, 9.17) is 25.1 Å². The van der Waals surface area contributed by atoms with Crippen LogP contribution in [0, 0.1) is 5.92 Å². The molecule has 1 aliphatic carbocycles. The number of anilines is 4. The number of carbonyl (C=O) groups is 4. The van der Waals surface area contributed by atoms with Gasteiger partial charge in [0.25, 0.3) is 0 Å². The molecule has 3 aromatic heterocycles. The van der Waals surface area contributed by atoms with Crippen molar-refractivity contribution >= 4 is 58.3 Å². The van der Waals surface area contributed by atoms with Gasteiger partial charge in [0.2, 0.25) is 29.7 Å². The number of aromatic nitrogens is 9. The van der Waals surface area contributed by atoms with E-state index >= 15 is 0 Å². The maximum atomic E-state index is 14.3. The largest absolute Gasteiger partial charge is 0.508 e. The van der Waals surface area contributed by atoms with E-state index < -0.39 is 30.1 Å². The number of phenolic OH excluding ortho intramolecular Hbond substituents is 1. The Bertz CT molecular complexity index is 3330. The molecule has 1 unspecified atom stereocenters. The Morgan fingerprint density at radius 3 is 2.08 bits per heavy atom. The monoisotopic (exact) mass is 1070 g/mol. The number of nitrogens with two attached hydrogens (primary N) is 1. The maximum absolute atomic E-state index is 14.3. The SMILES string of the molecule is CC[C@H](C)[C@@H](C(=O)N1CCN(c2nc(Nc3ccc(-c4c5ccc(=O)cc-5oc5cc(O)ccc45)c(C(=O)O)c3)nc(N3CCN(C(=O)[C@H](CCCCN)n4cc(CC(C)O)nn4)CC3)n2)CC1)n1cc(CCC(=O)O)nn1. The fourth-order valence-electron chi connectivity index (χ4n) is 9.99. The molecule has 2 aromatic carbocycles. The second-order valence-corrected chi connectivity index (χ2v) is 19.8. The van der Waals surface area contributed by atoms with Crippen LogP contribution >= 0.6 is 0 Å². The van der Waals surface area contributed by atoms with Crippen molar-refractivity contribution in [3.05, 3.63) is 94.2 Å². The van der Waals surface area contributed by atoms with Crippen LogP contribution < -0.4 is 26.3 Å². The summed E-state index contributed by atoms with van der Waals surface area (Å²) < 4.78 is 9.13. The zero-order valence-electron chi connectivity index (χ0n) is 43.6. The highest BCUT2D eigenvalue weighted by Gasteiger charge is 2.35. The van der Waals surface area contributed by atoms with Gasteiger partial charge in [-0.2, -0.15) is 15.0 Å². The quantitative estimate of drug-likeness (QED) is 0.0438. The number of aliphatic hydroxyl groups is 1. The van der Waals surface area contributed by atoms with E-state index in [0.717, 1.165) is 6.42 Å². The van der Waals surface area contributed by atoms with Gasteiger partial charge >= 0.3 is 11.9 Å². The van der Waals surface area contributed by atoms with E-state index in [-0.39, 0.29) is 64.6 Å². The summed E-state index contributed by atoms with van der Waals surface area (Å²) in [4.78, 5) is 87.6. The summed E-state index contributed by atoms with van der Waals surface area (Å²) in [6.07, 6.45) is 5.70. The zero-order valence-corrected chi connectivity index (χ0v) is 43.6. The van der Waals surface area contributed by atoms with Crippen molar-refractivity contribution in [2.75, 3.05) is 74.0 Å². The lowest BCUT2D eigenvalue weighted by Crippen LogP contribution is -2.52. The summed E-state index contributed by atoms with van der Waals surface area (Å²) in [5.74, 6) is -1.74. The predicted molar refractivity (Wildman–Crippen MR) is 286 cm³/mol. The average Bonchev–Trinajstić information content (AvgIpc) is 4.25. The van der Waals surface area contributed by atoms with E-state index in [1.54, 1.807) is 58.1 Å². The number of nitrogens with one attached hydrogen (secondary N) is 1. The van der Waals surface area contributed by atoms with Crippen LogP contribution in [0.2, 0.25) is 0 Å². The molecule has 0 saturated carbocycles. The number of carbonyl (C=O) groups excluding carboxylic acids is 2. The van der Waals surface area contributed by atoms with Crippen LogP contribution in [0.1, 0.15) is 86.7 Å². The lowest BCUT2D eigenvalue weighted by molar-refractivity contribution is -0.138. The molecular formula is C53H63N15O10. The minimum atomic E-state index is -1.24. The molecule has 2 fully saturated rings. The summed E-state index contributed by atoms with van der Waals surface area (Å²) in [6.45, 7) is 8.75. The molecule has 410 valence electrons. The highest BCUT2D eigenvalue weighted by molar-refractivity contribution is 6.08. The van der Waals surface area contributed by atoms with Crippen LogP contribution in [-0.2, 0) is 27.2 Å². The third-order valence-electron chi connectivity index (χ3n) is 14.3. The van der Waals surface area contributed by atoms with Crippen LogP contribution in [0.4, 0.5) is 23.5 Å². The van der Waals surface area contributed by atoms with Gasteiger partial charge in [-0.1, -0.05) is 36.8 Å². The lowest BCUT2D eigenvalue weighted by atomic mass is 9.90. The number of rotatable bonds is 21. The molecule has 7 N–H and O–H groups in total. The van der Waals surface area contributed by atoms with Crippen LogP contribution in [0.3, 0.4) is 0 Å². The molecule has 5 aromatic rings. The van der Waals surface area contributed by atoms with E-state index in [1.165, 1.54) is 35.0 Å². The fraction of sp³-hybridized carbons (Fsp3) is 0.434. The number of nitrogens with zero attached hydrogens (tertiary/aromatic N) is 13. The van der Waals surface area contributed by atoms with Gasteiger partial charge in [-0.25, -0.2) is 14.2 Å². The molecule has 0 spiro atoms. The molecule has 3 aliphatic heterocycles. The third-order valence-corrected chi connectivity index (χ3v) is 14.3. The normalized spacial score (nSPS) is 15.6. The predicted octanol–water partition coefficient (Wildman–Crippen LogP) is 3.98. The Hall–Kier alpha value is -8.58. The summed E-state index contributed by atoms with van der Waals surface area (Å²) >= 11 is 0. The number of aromatic carboxylic acids is 1. The number of hydrogen-bond donors (Lipinski definition) is 6. The number of unbranched alkanes of at least 4 members (excludes halogenated alkanes) is 1. The summed E-state index contributed by atoms with van der Waals surface area (Å²) in [5, 5.41) is 60.9. The minimum Gasteiger partial charge on any atom is -0.508 e. The number of piperazine rings is 2. The Labute approximate surface area is 447 Å². The molecule has 25 nitrogen and oxygen atoms in total. The second kappa shape index (κ2) is 23.8. The van der Waals surface area contributed by atoms with Crippen LogP contribution in [0.5, 0.6) is 5.75 Å². The number of fused-ring (bicyclic) bond motifs is 2. The maximum Gasteiger partial charge on any atom is 0.336 e. The van der Waals surface area contributed by atoms with Crippen LogP contribution in [-0.4, -0.2) is 164 Å². The summed E-state index contributed by atoms with van der Waals surface area (Å²) in [7, 11) is 0. The van der Waals surface area contributed by atoms with Crippen LogP contribution in [0.25, 0.3) is 33.4 Å². The second-order valence-electron chi connectivity index (χ2n) is 19.8. The first-order valence-corrected chi connectivity index (χ1v) is 26.2. The Kier molecular flexibility index (Phi) is 16.5. The Morgan fingerprint density at radius 2 is 1.42 bits per heavy atom. The number of hydrogen-bond acceptors (Lipinski definition) is 19. The van der Waals surface area contributed by atoms with Gasteiger partial charge < -0.3 is 55.5 Å². The van der Waals surface area contributed by atoms with Crippen LogP contribution in [0.15, 0.2) is 76.2 Å². The van der Waals surface area contributed by atoms with Crippen molar-refractivity contribution in [3.8, 4) is 28.2 Å². The van der Waals surface area contributed by atoms with E-state index in [0.29, 0.717) is 136 Å². The van der Waals surface area contributed by atoms with Gasteiger partial charge in [0.1, 0.15) is 29.2 Å². The summed E-state index contributed by atoms with van der Waals surface area (Å²) in [5.41, 5.74) is 8.35. The van der Waals surface area contributed by atoms with Gasteiger partial charge in [0, 0.05) is 112 Å². The molecule has 9 rings (SSSR count). The molecule has 4 atom stereocenters. The Morgan fingerprint density at radius 1 is 0.769 bits per heavy atom. The van der Waals surface area contributed by atoms with Crippen molar-refractivity contribution in [2.24, 2.45) is 11.7 Å². The molecule has 4 aliphatic rings. The van der Waals surface area contributed by atoms with E-state index in [2.05, 4.69) is 25.9 Å². The smallest absolute Gasteiger partial charge is 0.336 e. The fourth-order valence-corrected chi connectivity index (χ4v) is 9.99. The lowest BCUT2D eigenvalue weighted by Gasteiger charge is -2.38.